The molecule has 5 N–H and O–H groups in total. The van der Waals surface area contributed by atoms with Gasteiger partial charge in [0.1, 0.15) is 0 Å². The van der Waals surface area contributed by atoms with Crippen LogP contribution in [-0.4, -0.2) is 65.8 Å². The first-order valence-corrected chi connectivity index (χ1v) is 15.0. The van der Waals surface area contributed by atoms with E-state index < -0.39 is 12.1 Å². The minimum Gasteiger partial charge on any atom is -0.483 e. The molecular weight excluding hydrogens is 532 g/mol. The molecule has 1 aliphatic rings. The van der Waals surface area contributed by atoms with Crippen LogP contribution in [0.1, 0.15) is 82.6 Å². The van der Waals surface area contributed by atoms with Crippen LogP contribution in [0.5, 0.6) is 0 Å². The van der Waals surface area contributed by atoms with Gasteiger partial charge in [0, 0.05) is 48.5 Å². The highest BCUT2D eigenvalue weighted by Crippen LogP contribution is 2.27. The Morgan fingerprint density at radius 2 is 1.83 bits per heavy atom. The van der Waals surface area contributed by atoms with E-state index in [1.54, 1.807) is 11.0 Å². The Morgan fingerprint density at radius 1 is 1.14 bits per heavy atom. The maximum Gasteiger partial charge on any atom is 0.290 e. The van der Waals surface area contributed by atoms with E-state index in [9.17, 15) is 14.7 Å². The average Bonchev–Trinajstić information content (AvgIpc) is 3.38. The summed E-state index contributed by atoms with van der Waals surface area (Å²) in [5.74, 6) is 0.486. The van der Waals surface area contributed by atoms with Crippen molar-refractivity contribution >= 4 is 29.7 Å². The van der Waals surface area contributed by atoms with Crippen LogP contribution in [0.3, 0.4) is 0 Å². The van der Waals surface area contributed by atoms with Crippen LogP contribution in [-0.2, 0) is 16.0 Å². The van der Waals surface area contributed by atoms with Gasteiger partial charge in [0.25, 0.3) is 12.4 Å². The molecule has 1 heterocycles. The van der Waals surface area contributed by atoms with Gasteiger partial charge in [0.15, 0.2) is 0 Å². The normalized spacial score (nSPS) is 14.6. The van der Waals surface area contributed by atoms with Crippen molar-refractivity contribution in [3.63, 3.8) is 0 Å². The number of aliphatic hydroxyl groups is 1. The van der Waals surface area contributed by atoms with Gasteiger partial charge in [0.05, 0.1) is 12.1 Å². The van der Waals surface area contributed by atoms with Crippen molar-refractivity contribution in [3.8, 4) is 0 Å². The lowest BCUT2D eigenvalue weighted by molar-refractivity contribution is -0.123. The standard InChI is InChI=1S/C32H48N4O3.CH2O2/c1-6-33-26-19-25(20-27(21-26)36-17-11-15-30(36)38)31(39)35-28(18-24-13-8-7-9-14-24)29(37)22-34-32(4,5)16-10-12-23(2)3;2-1-3/h7-9,13-14,19-21,23,28-29,33-34,37H,6,10-12,15-18,22H2,1-5H3,(H,35,39);1H,(H,2,3)/t28-,29+;/m0./s1. The second-order valence-corrected chi connectivity index (χ2v) is 11.9. The van der Waals surface area contributed by atoms with Crippen LogP contribution in [0.25, 0.3) is 0 Å². The summed E-state index contributed by atoms with van der Waals surface area (Å²) < 4.78 is 0. The minimum atomic E-state index is -0.782. The van der Waals surface area contributed by atoms with Gasteiger partial charge in [-0.2, -0.15) is 0 Å². The lowest BCUT2D eigenvalue weighted by atomic mass is 9.93. The summed E-state index contributed by atoms with van der Waals surface area (Å²) in [5.41, 5.74) is 2.92. The summed E-state index contributed by atoms with van der Waals surface area (Å²) in [4.78, 5) is 36.1. The summed E-state index contributed by atoms with van der Waals surface area (Å²) >= 11 is 0. The summed E-state index contributed by atoms with van der Waals surface area (Å²) in [6.45, 7) is 12.3. The highest BCUT2D eigenvalue weighted by Gasteiger charge is 2.27. The molecular formula is C33H50N4O5. The van der Waals surface area contributed by atoms with Crippen molar-refractivity contribution in [3.05, 3.63) is 59.7 Å². The summed E-state index contributed by atoms with van der Waals surface area (Å²) in [5, 5.41) is 28.1. The molecule has 9 nitrogen and oxygen atoms in total. The number of aliphatic hydroxyl groups excluding tert-OH is 1. The van der Waals surface area contributed by atoms with Gasteiger partial charge < -0.3 is 31.1 Å². The van der Waals surface area contributed by atoms with E-state index in [1.807, 2.05) is 49.4 Å². The Hall–Kier alpha value is -3.43. The number of carboxylic acid groups (broad SMARTS) is 1. The largest absolute Gasteiger partial charge is 0.483 e. The molecule has 2 amide bonds. The Labute approximate surface area is 251 Å². The van der Waals surface area contributed by atoms with E-state index in [0.29, 0.717) is 44.0 Å². The van der Waals surface area contributed by atoms with Crippen LogP contribution in [0.2, 0.25) is 0 Å². The first kappa shape index (κ1) is 34.8. The minimum absolute atomic E-state index is 0.0782. The summed E-state index contributed by atoms with van der Waals surface area (Å²) in [6.07, 6.45) is 4.39. The van der Waals surface area contributed by atoms with Crippen LogP contribution in [0.4, 0.5) is 11.4 Å². The maximum atomic E-state index is 13.6. The Kier molecular flexibility index (Phi) is 14.5. The van der Waals surface area contributed by atoms with Crippen molar-refractivity contribution in [2.24, 2.45) is 5.92 Å². The van der Waals surface area contributed by atoms with Gasteiger partial charge in [-0.1, -0.05) is 57.0 Å². The summed E-state index contributed by atoms with van der Waals surface area (Å²) in [6, 6.07) is 14.9. The number of amides is 2. The fraction of sp³-hybridized carbons (Fsp3) is 0.545. The fourth-order valence-electron chi connectivity index (χ4n) is 5.09. The predicted octanol–water partition coefficient (Wildman–Crippen LogP) is 4.84. The molecule has 3 rings (SSSR count). The molecule has 1 fully saturated rings. The number of anilines is 2. The molecule has 232 valence electrons. The number of carbonyl (C=O) groups is 3. The molecule has 2 aromatic carbocycles. The van der Waals surface area contributed by atoms with Gasteiger partial charge in [-0.05, 0) is 69.7 Å². The van der Waals surface area contributed by atoms with E-state index >= 15 is 0 Å². The molecule has 42 heavy (non-hydrogen) atoms. The number of nitrogens with zero attached hydrogens (tertiary/aromatic N) is 1. The Morgan fingerprint density at radius 3 is 2.43 bits per heavy atom. The van der Waals surface area contributed by atoms with Gasteiger partial charge in [-0.25, -0.2) is 0 Å². The molecule has 0 saturated carbocycles. The molecule has 1 aliphatic heterocycles. The number of rotatable bonds is 15. The third-order valence-corrected chi connectivity index (χ3v) is 7.40. The molecule has 9 heteroatoms. The molecule has 0 unspecified atom stereocenters. The second kappa shape index (κ2) is 17.5. The SMILES string of the molecule is CCNc1cc(C(=O)N[C@@H](Cc2ccccc2)[C@H](O)CNC(C)(C)CCCC(C)C)cc(N2CCCC2=O)c1.O=CO. The Balaban J connectivity index is 0.00000197. The number of β-amino-alcohol motifs (C(OH)–C–C–N with tert-alkyl or cyclic N) is 1. The van der Waals surface area contributed by atoms with Crippen LogP contribution in [0, 0.1) is 5.92 Å². The van der Waals surface area contributed by atoms with Crippen LogP contribution < -0.4 is 20.9 Å². The molecule has 2 aromatic rings. The zero-order chi connectivity index (χ0) is 31.1. The monoisotopic (exact) mass is 582 g/mol. The van der Waals surface area contributed by atoms with E-state index in [2.05, 4.69) is 43.6 Å². The molecule has 0 spiro atoms. The highest BCUT2D eigenvalue weighted by molar-refractivity contribution is 6.00. The van der Waals surface area contributed by atoms with Crippen LogP contribution >= 0.6 is 0 Å². The van der Waals surface area contributed by atoms with E-state index in [4.69, 9.17) is 9.90 Å². The first-order valence-electron chi connectivity index (χ1n) is 15.0. The van der Waals surface area contributed by atoms with E-state index in [1.165, 1.54) is 6.42 Å². The second-order valence-electron chi connectivity index (χ2n) is 11.9. The van der Waals surface area contributed by atoms with Gasteiger partial charge in [0.2, 0.25) is 5.91 Å². The van der Waals surface area contributed by atoms with Gasteiger partial charge in [-0.15, -0.1) is 0 Å². The smallest absolute Gasteiger partial charge is 0.290 e. The maximum absolute atomic E-state index is 13.6. The third-order valence-electron chi connectivity index (χ3n) is 7.40. The zero-order valence-electron chi connectivity index (χ0n) is 25.9. The lowest BCUT2D eigenvalue weighted by Crippen LogP contribution is -2.52. The lowest BCUT2D eigenvalue weighted by Gasteiger charge is -2.31. The van der Waals surface area contributed by atoms with Crippen molar-refractivity contribution in [1.82, 2.24) is 10.6 Å². The van der Waals surface area contributed by atoms with Gasteiger partial charge in [-0.3, -0.25) is 14.4 Å². The number of nitrogens with one attached hydrogen (secondary N) is 3. The first-order chi connectivity index (χ1) is 20.0. The van der Waals surface area contributed by atoms with Crippen molar-refractivity contribution in [1.29, 1.82) is 0 Å². The fourth-order valence-corrected chi connectivity index (χ4v) is 5.09. The quantitative estimate of drug-likeness (QED) is 0.190. The number of carbonyl (C=O) groups excluding carboxylic acids is 2. The highest BCUT2D eigenvalue weighted by atomic mass is 16.3. The molecule has 0 aromatic heterocycles. The zero-order valence-corrected chi connectivity index (χ0v) is 25.9. The average molecular weight is 583 g/mol. The van der Waals surface area contributed by atoms with Crippen molar-refractivity contribution in [2.45, 2.75) is 90.8 Å². The molecule has 0 bridgehead atoms. The molecule has 1 saturated heterocycles. The Bertz CT molecular complexity index is 1120. The molecule has 0 radical (unpaired) electrons. The number of hydrogen-bond donors (Lipinski definition) is 5. The number of benzene rings is 2. The molecule has 2 atom stereocenters. The predicted molar refractivity (Wildman–Crippen MR) is 169 cm³/mol. The van der Waals surface area contributed by atoms with Gasteiger partial charge >= 0.3 is 0 Å². The summed E-state index contributed by atoms with van der Waals surface area (Å²) in [7, 11) is 0. The van der Waals surface area contributed by atoms with Crippen molar-refractivity contribution in [2.75, 3.05) is 29.9 Å². The number of hydrogen-bond acceptors (Lipinski definition) is 6. The van der Waals surface area contributed by atoms with E-state index in [0.717, 1.165) is 36.2 Å². The van der Waals surface area contributed by atoms with E-state index in [-0.39, 0.29) is 23.8 Å². The third kappa shape index (κ3) is 11.8. The topological polar surface area (TPSA) is 131 Å². The molecule has 0 aliphatic carbocycles. The van der Waals surface area contributed by atoms with Crippen LogP contribution in [0.15, 0.2) is 48.5 Å². The van der Waals surface area contributed by atoms with Crippen molar-refractivity contribution < 1.29 is 24.6 Å².